The fraction of sp³-hybridized carbons (Fsp3) is 0.955. The molecule has 0 unspecified atom stereocenters. The summed E-state index contributed by atoms with van der Waals surface area (Å²) < 4.78 is 6.12. The van der Waals surface area contributed by atoms with Crippen LogP contribution in [0.25, 0.3) is 0 Å². The smallest absolute Gasteiger partial charge is 0.154 e. The third kappa shape index (κ3) is 6.40. The molecular formula is C22H39NO. The molecule has 0 atom stereocenters. The van der Waals surface area contributed by atoms with Crippen LogP contribution in [0.1, 0.15) is 110 Å². The van der Waals surface area contributed by atoms with Crippen molar-refractivity contribution in [3.63, 3.8) is 0 Å². The summed E-state index contributed by atoms with van der Waals surface area (Å²) in [6.45, 7) is 3.05. The largest absolute Gasteiger partial charge is 0.360 e. The van der Waals surface area contributed by atoms with Gasteiger partial charge in [0.25, 0.3) is 0 Å². The van der Waals surface area contributed by atoms with Gasteiger partial charge in [0, 0.05) is 6.61 Å². The molecule has 0 radical (unpaired) electrons. The van der Waals surface area contributed by atoms with Crippen molar-refractivity contribution in [3.05, 3.63) is 0 Å². The summed E-state index contributed by atoms with van der Waals surface area (Å²) in [5, 5.41) is 9.66. The average molecular weight is 334 g/mol. The van der Waals surface area contributed by atoms with Gasteiger partial charge in [-0.3, -0.25) is 0 Å². The maximum absolute atomic E-state index is 9.66. The number of rotatable bonds is 10. The number of unbranched alkanes of at least 4 members (excludes halogenated alkanes) is 6. The Morgan fingerprint density at radius 3 is 2.04 bits per heavy atom. The molecule has 0 saturated heterocycles. The van der Waals surface area contributed by atoms with E-state index in [4.69, 9.17) is 4.74 Å². The van der Waals surface area contributed by atoms with Gasteiger partial charge in [-0.15, -0.1) is 0 Å². The summed E-state index contributed by atoms with van der Waals surface area (Å²) in [6.07, 6.45) is 20.7. The van der Waals surface area contributed by atoms with Crippen LogP contribution in [-0.2, 0) is 4.74 Å². The highest BCUT2D eigenvalue weighted by Gasteiger charge is 2.38. The number of nitrogens with zero attached hydrogens (tertiary/aromatic N) is 1. The predicted octanol–water partition coefficient (Wildman–Crippen LogP) is 6.79. The third-order valence-corrected chi connectivity index (χ3v) is 6.48. The van der Waals surface area contributed by atoms with Gasteiger partial charge >= 0.3 is 0 Å². The number of ether oxygens (including phenoxy) is 1. The van der Waals surface area contributed by atoms with Crippen molar-refractivity contribution in [3.8, 4) is 6.07 Å². The molecule has 0 aromatic carbocycles. The minimum atomic E-state index is -0.451. The first-order valence-electron chi connectivity index (χ1n) is 10.8. The second-order valence-corrected chi connectivity index (χ2v) is 8.31. The van der Waals surface area contributed by atoms with E-state index in [2.05, 4.69) is 13.0 Å². The van der Waals surface area contributed by atoms with Crippen LogP contribution < -0.4 is 0 Å². The van der Waals surface area contributed by atoms with Crippen LogP contribution in [0.15, 0.2) is 0 Å². The van der Waals surface area contributed by atoms with E-state index in [1.54, 1.807) is 0 Å². The van der Waals surface area contributed by atoms with Crippen molar-refractivity contribution >= 4 is 0 Å². The molecule has 0 aromatic rings. The Hall–Kier alpha value is -0.550. The third-order valence-electron chi connectivity index (χ3n) is 6.48. The highest BCUT2D eigenvalue weighted by atomic mass is 16.5. The summed E-state index contributed by atoms with van der Waals surface area (Å²) in [5.41, 5.74) is -0.451. The minimum absolute atomic E-state index is 0.451. The molecule has 0 heterocycles. The van der Waals surface area contributed by atoms with Crippen molar-refractivity contribution in [2.75, 3.05) is 6.61 Å². The van der Waals surface area contributed by atoms with Crippen LogP contribution in [0.5, 0.6) is 0 Å². The van der Waals surface area contributed by atoms with E-state index in [1.807, 2.05) is 0 Å². The molecule has 2 heteroatoms. The average Bonchev–Trinajstić information content (AvgIpc) is 2.65. The SMILES string of the molecule is CCCCCCCCCOC1(C#N)CCC(C2CCCCC2)CC1. The molecular weight excluding hydrogens is 294 g/mol. The lowest BCUT2D eigenvalue weighted by Gasteiger charge is -2.39. The van der Waals surface area contributed by atoms with Gasteiger partial charge in [0.15, 0.2) is 5.60 Å². The monoisotopic (exact) mass is 333 g/mol. The molecule has 0 aromatic heterocycles. The maximum atomic E-state index is 9.66. The number of hydrogen-bond acceptors (Lipinski definition) is 2. The van der Waals surface area contributed by atoms with Gasteiger partial charge in [-0.05, 0) is 43.9 Å². The molecule has 0 aliphatic heterocycles. The van der Waals surface area contributed by atoms with Crippen LogP contribution in [0.3, 0.4) is 0 Å². The van der Waals surface area contributed by atoms with Gasteiger partial charge in [-0.2, -0.15) is 5.26 Å². The molecule has 2 aliphatic carbocycles. The standard InChI is InChI=1S/C22H39NO/c1-2-3-4-5-6-7-11-18-24-22(19-23)16-14-21(15-17-22)20-12-9-8-10-13-20/h20-21H,2-18H2,1H3. The molecule has 2 aliphatic rings. The lowest BCUT2D eigenvalue weighted by atomic mass is 9.70. The highest BCUT2D eigenvalue weighted by molar-refractivity contribution is 5.05. The fourth-order valence-corrected chi connectivity index (χ4v) is 4.80. The Balaban J connectivity index is 1.60. The molecule has 0 amide bonds. The molecule has 138 valence electrons. The first-order chi connectivity index (χ1) is 11.8. The summed E-state index contributed by atoms with van der Waals surface area (Å²) in [7, 11) is 0. The molecule has 2 nitrogen and oxygen atoms in total. The van der Waals surface area contributed by atoms with Crippen LogP contribution in [0, 0.1) is 23.2 Å². The van der Waals surface area contributed by atoms with Crippen LogP contribution in [0.4, 0.5) is 0 Å². The Bertz CT molecular complexity index is 359. The summed E-state index contributed by atoms with van der Waals surface area (Å²) in [6, 6.07) is 2.54. The normalized spacial score (nSPS) is 28.6. The highest BCUT2D eigenvalue weighted by Crippen LogP contribution is 2.42. The first-order valence-corrected chi connectivity index (χ1v) is 10.8. The summed E-state index contributed by atoms with van der Waals surface area (Å²) >= 11 is 0. The Morgan fingerprint density at radius 2 is 1.42 bits per heavy atom. The number of hydrogen-bond donors (Lipinski definition) is 0. The molecule has 0 N–H and O–H groups in total. The van der Waals surface area contributed by atoms with Crippen LogP contribution in [-0.4, -0.2) is 12.2 Å². The molecule has 2 rings (SSSR count). The molecule has 0 bridgehead atoms. The van der Waals surface area contributed by atoms with Gasteiger partial charge in [0.1, 0.15) is 0 Å². The fourth-order valence-electron chi connectivity index (χ4n) is 4.80. The minimum Gasteiger partial charge on any atom is -0.360 e. The molecule has 2 saturated carbocycles. The lowest BCUT2D eigenvalue weighted by Crippen LogP contribution is -2.38. The summed E-state index contributed by atoms with van der Waals surface area (Å²) in [5.74, 6) is 1.81. The van der Waals surface area contributed by atoms with E-state index >= 15 is 0 Å². The van der Waals surface area contributed by atoms with E-state index in [0.717, 1.165) is 37.7 Å². The zero-order chi connectivity index (χ0) is 17.1. The van der Waals surface area contributed by atoms with Gasteiger partial charge < -0.3 is 4.74 Å². The first kappa shape index (κ1) is 19.8. The molecule has 0 spiro atoms. The van der Waals surface area contributed by atoms with Crippen molar-refractivity contribution in [2.24, 2.45) is 11.8 Å². The van der Waals surface area contributed by atoms with Crippen LogP contribution >= 0.6 is 0 Å². The van der Waals surface area contributed by atoms with E-state index in [1.165, 1.54) is 83.5 Å². The lowest BCUT2D eigenvalue weighted by molar-refractivity contribution is -0.0448. The topological polar surface area (TPSA) is 33.0 Å². The van der Waals surface area contributed by atoms with E-state index in [9.17, 15) is 5.26 Å². The zero-order valence-corrected chi connectivity index (χ0v) is 16.0. The summed E-state index contributed by atoms with van der Waals surface area (Å²) in [4.78, 5) is 0. The van der Waals surface area contributed by atoms with E-state index in [0.29, 0.717) is 0 Å². The van der Waals surface area contributed by atoms with E-state index < -0.39 is 5.60 Å². The van der Waals surface area contributed by atoms with Crippen LogP contribution in [0.2, 0.25) is 0 Å². The zero-order valence-electron chi connectivity index (χ0n) is 16.0. The molecule has 24 heavy (non-hydrogen) atoms. The predicted molar refractivity (Wildman–Crippen MR) is 101 cm³/mol. The second-order valence-electron chi connectivity index (χ2n) is 8.31. The molecule has 2 fully saturated rings. The maximum Gasteiger partial charge on any atom is 0.154 e. The Kier molecular flexibility index (Phi) is 9.18. The van der Waals surface area contributed by atoms with Gasteiger partial charge in [0.05, 0.1) is 6.07 Å². The quantitative estimate of drug-likeness (QED) is 0.412. The van der Waals surface area contributed by atoms with Crippen molar-refractivity contribution in [1.82, 2.24) is 0 Å². The Labute approximate surface area is 150 Å². The van der Waals surface area contributed by atoms with Gasteiger partial charge in [-0.1, -0.05) is 77.6 Å². The second kappa shape index (κ2) is 11.1. The van der Waals surface area contributed by atoms with E-state index in [-0.39, 0.29) is 0 Å². The van der Waals surface area contributed by atoms with Crippen molar-refractivity contribution < 1.29 is 4.74 Å². The van der Waals surface area contributed by atoms with Gasteiger partial charge in [0.2, 0.25) is 0 Å². The van der Waals surface area contributed by atoms with Gasteiger partial charge in [-0.25, -0.2) is 0 Å². The van der Waals surface area contributed by atoms with Crippen molar-refractivity contribution in [2.45, 2.75) is 115 Å². The number of nitriles is 1. The Morgan fingerprint density at radius 1 is 0.833 bits per heavy atom. The van der Waals surface area contributed by atoms with Crippen molar-refractivity contribution in [1.29, 1.82) is 5.26 Å².